The average molecular weight is 157 g/mol. The van der Waals surface area contributed by atoms with Crippen LogP contribution in [0.4, 0.5) is 0 Å². The number of carbonyl (C=O) groups is 1. The highest BCUT2D eigenvalue weighted by Gasteiger charge is 2.24. The van der Waals surface area contributed by atoms with Crippen molar-refractivity contribution in [2.24, 2.45) is 10.7 Å². The summed E-state index contributed by atoms with van der Waals surface area (Å²) in [5.41, 5.74) is 8.08. The van der Waals surface area contributed by atoms with E-state index in [0.717, 1.165) is 6.42 Å². The average Bonchev–Trinajstić information content (AvgIpc) is 2.36. The van der Waals surface area contributed by atoms with Crippen LogP contribution in [-0.2, 0) is 9.63 Å². The minimum Gasteiger partial charge on any atom is -0.365 e. The van der Waals surface area contributed by atoms with Crippen molar-refractivity contribution >= 4 is 11.6 Å². The molecule has 0 saturated carbocycles. The van der Waals surface area contributed by atoms with Crippen molar-refractivity contribution in [1.82, 2.24) is 5.48 Å². The standard InChI is InChI=1S/C6H11N3O2/c1-11-9-4-2-3-8-5(4)6(7)10/h4,9H,2-3H2,1H3,(H2,7,10). The highest BCUT2D eigenvalue weighted by molar-refractivity contribution is 6.40. The number of amides is 1. The minimum atomic E-state index is -0.475. The molecule has 1 aliphatic heterocycles. The Morgan fingerprint density at radius 1 is 1.91 bits per heavy atom. The summed E-state index contributed by atoms with van der Waals surface area (Å²) >= 11 is 0. The molecule has 0 aromatic rings. The molecule has 0 bridgehead atoms. The minimum absolute atomic E-state index is 0.127. The second-order valence-electron chi connectivity index (χ2n) is 2.29. The maximum atomic E-state index is 10.7. The smallest absolute Gasteiger partial charge is 0.264 e. The van der Waals surface area contributed by atoms with Gasteiger partial charge in [-0.15, -0.1) is 0 Å². The van der Waals surface area contributed by atoms with E-state index in [1.54, 1.807) is 0 Å². The van der Waals surface area contributed by atoms with Crippen molar-refractivity contribution < 1.29 is 9.63 Å². The number of aliphatic imine (C=N–C) groups is 1. The first-order chi connectivity index (χ1) is 5.25. The van der Waals surface area contributed by atoms with Gasteiger partial charge in [0, 0.05) is 6.54 Å². The molecule has 5 nitrogen and oxygen atoms in total. The number of hydrogen-bond donors (Lipinski definition) is 2. The van der Waals surface area contributed by atoms with Crippen LogP contribution in [0.5, 0.6) is 0 Å². The molecule has 0 radical (unpaired) electrons. The van der Waals surface area contributed by atoms with Crippen LogP contribution >= 0.6 is 0 Å². The Morgan fingerprint density at radius 2 is 2.64 bits per heavy atom. The van der Waals surface area contributed by atoms with Gasteiger partial charge in [-0.1, -0.05) is 0 Å². The fourth-order valence-corrected chi connectivity index (χ4v) is 1.07. The molecule has 0 aromatic carbocycles. The van der Waals surface area contributed by atoms with Crippen molar-refractivity contribution in [3.05, 3.63) is 0 Å². The van der Waals surface area contributed by atoms with E-state index in [1.807, 2.05) is 0 Å². The molecule has 0 spiro atoms. The Morgan fingerprint density at radius 3 is 3.18 bits per heavy atom. The van der Waals surface area contributed by atoms with Crippen molar-refractivity contribution in [3.63, 3.8) is 0 Å². The summed E-state index contributed by atoms with van der Waals surface area (Å²) in [6.07, 6.45) is 0.770. The first-order valence-corrected chi connectivity index (χ1v) is 3.38. The van der Waals surface area contributed by atoms with E-state index in [9.17, 15) is 4.79 Å². The summed E-state index contributed by atoms with van der Waals surface area (Å²) in [5.74, 6) is -0.475. The number of nitrogens with two attached hydrogens (primary N) is 1. The van der Waals surface area contributed by atoms with Gasteiger partial charge >= 0.3 is 0 Å². The number of nitrogens with one attached hydrogen (secondary N) is 1. The lowest BCUT2D eigenvalue weighted by Gasteiger charge is -2.09. The van der Waals surface area contributed by atoms with Crippen LogP contribution in [0.2, 0.25) is 0 Å². The van der Waals surface area contributed by atoms with Gasteiger partial charge in [-0.05, 0) is 6.42 Å². The molecule has 5 heteroatoms. The molecule has 0 aliphatic carbocycles. The molecule has 3 N–H and O–H groups in total. The molecule has 0 saturated heterocycles. The van der Waals surface area contributed by atoms with Crippen molar-refractivity contribution in [2.75, 3.05) is 13.7 Å². The van der Waals surface area contributed by atoms with Crippen molar-refractivity contribution in [1.29, 1.82) is 0 Å². The molecule has 1 aliphatic rings. The van der Waals surface area contributed by atoms with E-state index in [2.05, 4.69) is 15.3 Å². The third-order valence-electron chi connectivity index (χ3n) is 1.54. The van der Waals surface area contributed by atoms with Gasteiger partial charge < -0.3 is 10.6 Å². The van der Waals surface area contributed by atoms with Gasteiger partial charge in [0.05, 0.1) is 13.2 Å². The van der Waals surface area contributed by atoms with Crippen LogP contribution < -0.4 is 11.2 Å². The molecule has 0 fully saturated rings. The maximum Gasteiger partial charge on any atom is 0.264 e. The first kappa shape index (κ1) is 8.16. The van der Waals surface area contributed by atoms with Gasteiger partial charge in [0.15, 0.2) is 0 Å². The molecule has 1 unspecified atom stereocenters. The van der Waals surface area contributed by atoms with Gasteiger partial charge in [-0.3, -0.25) is 9.79 Å². The lowest BCUT2D eigenvalue weighted by molar-refractivity contribution is -0.112. The lowest BCUT2D eigenvalue weighted by atomic mass is 10.1. The van der Waals surface area contributed by atoms with Crippen molar-refractivity contribution in [3.8, 4) is 0 Å². The zero-order chi connectivity index (χ0) is 8.27. The number of nitrogens with zero attached hydrogens (tertiary/aromatic N) is 1. The molecule has 1 rings (SSSR count). The summed E-state index contributed by atoms with van der Waals surface area (Å²) in [6, 6.07) is -0.127. The zero-order valence-corrected chi connectivity index (χ0v) is 6.33. The summed E-state index contributed by atoms with van der Waals surface area (Å²) < 4.78 is 0. The SMILES string of the molecule is CONC1CCN=C1C(N)=O. The van der Waals surface area contributed by atoms with Gasteiger partial charge in [0.1, 0.15) is 5.71 Å². The van der Waals surface area contributed by atoms with E-state index in [1.165, 1.54) is 7.11 Å². The first-order valence-electron chi connectivity index (χ1n) is 3.38. The van der Waals surface area contributed by atoms with Crippen LogP contribution in [0.3, 0.4) is 0 Å². The summed E-state index contributed by atoms with van der Waals surface area (Å²) in [7, 11) is 1.50. The third kappa shape index (κ3) is 1.75. The second kappa shape index (κ2) is 3.45. The number of hydroxylamine groups is 1. The van der Waals surface area contributed by atoms with E-state index >= 15 is 0 Å². The fraction of sp³-hybridized carbons (Fsp3) is 0.667. The molecule has 62 valence electrons. The molecule has 11 heavy (non-hydrogen) atoms. The monoisotopic (exact) mass is 157 g/mol. The molecule has 0 aromatic heterocycles. The predicted molar refractivity (Wildman–Crippen MR) is 40.0 cm³/mol. The maximum absolute atomic E-state index is 10.7. The van der Waals surface area contributed by atoms with Gasteiger partial charge in [0.2, 0.25) is 0 Å². The Bertz CT molecular complexity index is 190. The van der Waals surface area contributed by atoms with Crippen LogP contribution in [0.1, 0.15) is 6.42 Å². The van der Waals surface area contributed by atoms with Crippen LogP contribution in [0, 0.1) is 0 Å². The highest BCUT2D eigenvalue weighted by Crippen LogP contribution is 2.04. The lowest BCUT2D eigenvalue weighted by Crippen LogP contribution is -2.40. The van der Waals surface area contributed by atoms with Crippen LogP contribution in [0.25, 0.3) is 0 Å². The van der Waals surface area contributed by atoms with E-state index in [0.29, 0.717) is 12.3 Å². The third-order valence-corrected chi connectivity index (χ3v) is 1.54. The van der Waals surface area contributed by atoms with E-state index in [4.69, 9.17) is 5.73 Å². The Labute approximate surface area is 64.6 Å². The van der Waals surface area contributed by atoms with Crippen molar-refractivity contribution in [2.45, 2.75) is 12.5 Å². The quantitative estimate of drug-likeness (QED) is 0.507. The fourth-order valence-electron chi connectivity index (χ4n) is 1.07. The van der Waals surface area contributed by atoms with Crippen LogP contribution in [-0.4, -0.2) is 31.3 Å². The number of hydrogen-bond acceptors (Lipinski definition) is 4. The number of rotatable bonds is 3. The summed E-state index contributed by atoms with van der Waals surface area (Å²) in [4.78, 5) is 19.3. The molecular weight excluding hydrogens is 146 g/mol. The van der Waals surface area contributed by atoms with Gasteiger partial charge in [0.25, 0.3) is 5.91 Å². The largest absolute Gasteiger partial charge is 0.365 e. The Balaban J connectivity index is 2.55. The second-order valence-corrected chi connectivity index (χ2v) is 2.29. The number of primary amides is 1. The van der Waals surface area contributed by atoms with E-state index < -0.39 is 5.91 Å². The Kier molecular flexibility index (Phi) is 2.56. The Hall–Kier alpha value is -0.940. The summed E-state index contributed by atoms with van der Waals surface area (Å²) in [6.45, 7) is 0.638. The molecular formula is C6H11N3O2. The summed E-state index contributed by atoms with van der Waals surface area (Å²) in [5, 5.41) is 0. The number of carbonyl (C=O) groups excluding carboxylic acids is 1. The van der Waals surface area contributed by atoms with Gasteiger partial charge in [-0.25, -0.2) is 0 Å². The molecule has 1 amide bonds. The zero-order valence-electron chi connectivity index (χ0n) is 6.33. The predicted octanol–water partition coefficient (Wildman–Crippen LogP) is -1.16. The van der Waals surface area contributed by atoms with Gasteiger partial charge in [-0.2, -0.15) is 5.48 Å². The highest BCUT2D eigenvalue weighted by atomic mass is 16.6. The molecule has 1 heterocycles. The molecule has 1 atom stereocenters. The normalized spacial score (nSPS) is 23.4. The van der Waals surface area contributed by atoms with E-state index in [-0.39, 0.29) is 6.04 Å². The topological polar surface area (TPSA) is 76.7 Å². The van der Waals surface area contributed by atoms with Crippen LogP contribution in [0.15, 0.2) is 4.99 Å².